The minimum absolute atomic E-state index is 0.222. The van der Waals surface area contributed by atoms with Gasteiger partial charge in [-0.15, -0.1) is 0 Å². The molecule has 2 unspecified atom stereocenters. The lowest BCUT2D eigenvalue weighted by Crippen LogP contribution is -2.27. The predicted molar refractivity (Wildman–Crippen MR) is 78.9 cm³/mol. The Morgan fingerprint density at radius 1 is 1.40 bits per heavy atom. The van der Waals surface area contributed by atoms with Crippen LogP contribution in [-0.4, -0.2) is 30.4 Å². The molecular formula is C15H19BrO4. The quantitative estimate of drug-likeness (QED) is 0.887. The molecule has 0 amide bonds. The largest absolute Gasteiger partial charge is 0.478 e. The molecule has 1 fully saturated rings. The van der Waals surface area contributed by atoms with Crippen LogP contribution in [0.15, 0.2) is 22.7 Å². The van der Waals surface area contributed by atoms with Crippen LogP contribution in [0.5, 0.6) is 0 Å². The van der Waals surface area contributed by atoms with E-state index in [4.69, 9.17) is 14.6 Å². The summed E-state index contributed by atoms with van der Waals surface area (Å²) in [6.45, 7) is 0.488. The summed E-state index contributed by atoms with van der Waals surface area (Å²) in [7, 11) is 1.74. The van der Waals surface area contributed by atoms with Crippen molar-refractivity contribution in [2.75, 3.05) is 7.11 Å². The summed E-state index contributed by atoms with van der Waals surface area (Å²) in [5.41, 5.74) is 1.24. The second-order valence-corrected chi connectivity index (χ2v) is 5.92. The zero-order valence-corrected chi connectivity index (χ0v) is 13.1. The number of hydrogen-bond acceptors (Lipinski definition) is 3. The zero-order chi connectivity index (χ0) is 14.5. The number of hydrogen-bond donors (Lipinski definition) is 1. The average Bonchev–Trinajstić information content (AvgIpc) is 2.46. The van der Waals surface area contributed by atoms with Gasteiger partial charge in [0, 0.05) is 11.6 Å². The van der Waals surface area contributed by atoms with Crippen molar-refractivity contribution in [2.24, 2.45) is 0 Å². The normalized spacial score (nSPS) is 22.7. The van der Waals surface area contributed by atoms with Gasteiger partial charge in [0.2, 0.25) is 0 Å². The van der Waals surface area contributed by atoms with E-state index in [1.807, 2.05) is 0 Å². The molecule has 5 heteroatoms. The molecule has 2 atom stereocenters. The van der Waals surface area contributed by atoms with Gasteiger partial charge in [0.15, 0.2) is 0 Å². The second-order valence-electron chi connectivity index (χ2n) is 5.07. The van der Waals surface area contributed by atoms with E-state index >= 15 is 0 Å². The lowest BCUT2D eigenvalue weighted by Gasteiger charge is -2.28. The molecular weight excluding hydrogens is 324 g/mol. The number of aromatic carboxylic acids is 1. The fraction of sp³-hybridized carbons (Fsp3) is 0.533. The van der Waals surface area contributed by atoms with E-state index in [1.165, 1.54) is 0 Å². The molecule has 0 heterocycles. The summed E-state index contributed by atoms with van der Waals surface area (Å²) in [5.74, 6) is -0.923. The average molecular weight is 343 g/mol. The van der Waals surface area contributed by atoms with Gasteiger partial charge in [-0.3, -0.25) is 0 Å². The van der Waals surface area contributed by atoms with Crippen molar-refractivity contribution in [2.45, 2.75) is 44.5 Å². The zero-order valence-electron chi connectivity index (χ0n) is 11.5. The maximum absolute atomic E-state index is 10.9. The first-order valence-corrected chi connectivity index (χ1v) is 7.55. The Kier molecular flexibility index (Phi) is 5.57. The molecule has 1 aromatic rings. The van der Waals surface area contributed by atoms with Crippen molar-refractivity contribution in [3.05, 3.63) is 33.8 Å². The van der Waals surface area contributed by atoms with Crippen molar-refractivity contribution < 1.29 is 19.4 Å². The molecule has 0 saturated heterocycles. The molecule has 4 nitrogen and oxygen atoms in total. The Bertz CT molecular complexity index is 475. The predicted octanol–water partition coefficient (Wildman–Crippen LogP) is 3.62. The number of rotatable bonds is 5. The third-order valence-corrected chi connectivity index (χ3v) is 4.42. The first-order valence-electron chi connectivity index (χ1n) is 6.76. The molecule has 110 valence electrons. The van der Waals surface area contributed by atoms with Gasteiger partial charge in [-0.1, -0.05) is 22.0 Å². The number of carboxylic acids is 1. The molecule has 0 aromatic heterocycles. The minimum atomic E-state index is -0.923. The molecule has 1 aliphatic carbocycles. The fourth-order valence-electron chi connectivity index (χ4n) is 2.47. The molecule has 0 aliphatic heterocycles. The van der Waals surface area contributed by atoms with Crippen LogP contribution in [0.4, 0.5) is 0 Å². The summed E-state index contributed by atoms with van der Waals surface area (Å²) in [6.07, 6.45) is 4.74. The Labute approximate surface area is 127 Å². The van der Waals surface area contributed by atoms with Gasteiger partial charge in [-0.25, -0.2) is 4.79 Å². The molecule has 0 bridgehead atoms. The molecule has 1 saturated carbocycles. The summed E-state index contributed by atoms with van der Waals surface area (Å²) in [5, 5.41) is 8.92. The van der Waals surface area contributed by atoms with Gasteiger partial charge in [-0.2, -0.15) is 0 Å². The van der Waals surface area contributed by atoms with E-state index in [0.29, 0.717) is 12.7 Å². The van der Waals surface area contributed by atoms with Crippen LogP contribution >= 0.6 is 15.9 Å². The smallest absolute Gasteiger partial charge is 0.335 e. The van der Waals surface area contributed by atoms with E-state index < -0.39 is 5.97 Å². The summed E-state index contributed by atoms with van der Waals surface area (Å²) < 4.78 is 12.1. The highest BCUT2D eigenvalue weighted by Crippen LogP contribution is 2.26. The van der Waals surface area contributed by atoms with Crippen molar-refractivity contribution >= 4 is 21.9 Å². The number of carbonyl (C=O) groups is 1. The van der Waals surface area contributed by atoms with Gasteiger partial charge < -0.3 is 14.6 Å². The highest BCUT2D eigenvalue weighted by atomic mass is 79.9. The molecule has 0 radical (unpaired) electrons. The van der Waals surface area contributed by atoms with E-state index in [-0.39, 0.29) is 11.7 Å². The molecule has 0 spiro atoms. The SMILES string of the molecule is COC1CCCC(OCc2ccc(C(=O)O)cc2Br)C1. The van der Waals surface area contributed by atoms with Crippen LogP contribution in [0.1, 0.15) is 41.6 Å². The highest BCUT2D eigenvalue weighted by molar-refractivity contribution is 9.10. The second kappa shape index (κ2) is 7.20. The van der Waals surface area contributed by atoms with Gasteiger partial charge in [0.1, 0.15) is 0 Å². The third kappa shape index (κ3) is 4.04. The summed E-state index contributed by atoms with van der Waals surface area (Å²) in [6, 6.07) is 5.01. The highest BCUT2D eigenvalue weighted by Gasteiger charge is 2.22. The van der Waals surface area contributed by atoms with Gasteiger partial charge >= 0.3 is 5.97 Å². The van der Waals surface area contributed by atoms with Crippen LogP contribution in [0.3, 0.4) is 0 Å². The number of ether oxygens (including phenoxy) is 2. The lowest BCUT2D eigenvalue weighted by molar-refractivity contribution is -0.0364. The number of halogens is 1. The van der Waals surface area contributed by atoms with Crippen molar-refractivity contribution in [1.82, 2.24) is 0 Å². The maximum Gasteiger partial charge on any atom is 0.335 e. The fourth-order valence-corrected chi connectivity index (χ4v) is 2.97. The van der Waals surface area contributed by atoms with E-state index in [2.05, 4.69) is 15.9 Å². The molecule has 2 rings (SSSR count). The molecule has 1 aromatic carbocycles. The first-order chi connectivity index (χ1) is 9.60. The van der Waals surface area contributed by atoms with Gasteiger partial charge in [0.05, 0.1) is 24.4 Å². The Morgan fingerprint density at radius 3 is 2.80 bits per heavy atom. The standard InChI is InChI=1S/C15H19BrO4/c1-19-12-3-2-4-13(8-12)20-9-11-6-5-10(15(17)18)7-14(11)16/h5-7,12-13H,2-4,8-9H2,1H3,(H,17,18). The van der Waals surface area contributed by atoms with Gasteiger partial charge in [-0.05, 0) is 43.4 Å². The van der Waals surface area contributed by atoms with Crippen LogP contribution in [-0.2, 0) is 16.1 Å². The topological polar surface area (TPSA) is 55.8 Å². The first kappa shape index (κ1) is 15.5. The number of benzene rings is 1. The van der Waals surface area contributed by atoms with Crippen LogP contribution in [0.2, 0.25) is 0 Å². The van der Waals surface area contributed by atoms with Crippen molar-refractivity contribution in [3.8, 4) is 0 Å². The maximum atomic E-state index is 10.9. The van der Waals surface area contributed by atoms with Crippen LogP contribution in [0, 0.1) is 0 Å². The monoisotopic (exact) mass is 342 g/mol. The third-order valence-electron chi connectivity index (χ3n) is 3.69. The van der Waals surface area contributed by atoms with Crippen LogP contribution < -0.4 is 0 Å². The van der Waals surface area contributed by atoms with E-state index in [1.54, 1.807) is 25.3 Å². The Hall–Kier alpha value is -0.910. The Morgan fingerprint density at radius 2 is 2.15 bits per heavy atom. The van der Waals surface area contributed by atoms with Gasteiger partial charge in [0.25, 0.3) is 0 Å². The summed E-state index contributed by atoms with van der Waals surface area (Å²) >= 11 is 3.40. The van der Waals surface area contributed by atoms with Crippen LogP contribution in [0.25, 0.3) is 0 Å². The summed E-state index contributed by atoms with van der Waals surface area (Å²) in [4.78, 5) is 10.9. The number of carboxylic acid groups (broad SMARTS) is 1. The van der Waals surface area contributed by atoms with E-state index in [9.17, 15) is 4.79 Å². The minimum Gasteiger partial charge on any atom is -0.478 e. The van der Waals surface area contributed by atoms with Crippen molar-refractivity contribution in [3.63, 3.8) is 0 Å². The number of methoxy groups -OCH3 is 1. The molecule has 1 aliphatic rings. The van der Waals surface area contributed by atoms with E-state index in [0.717, 1.165) is 35.7 Å². The molecule has 1 N–H and O–H groups in total. The molecule has 20 heavy (non-hydrogen) atoms. The lowest BCUT2D eigenvalue weighted by atomic mass is 9.95. The van der Waals surface area contributed by atoms with Crippen molar-refractivity contribution in [1.29, 1.82) is 0 Å². The Balaban J connectivity index is 1.92.